The van der Waals surface area contributed by atoms with Crippen LogP contribution < -0.4 is 0 Å². The van der Waals surface area contributed by atoms with E-state index in [9.17, 15) is 13.2 Å². The lowest BCUT2D eigenvalue weighted by Gasteiger charge is -2.22. The van der Waals surface area contributed by atoms with Gasteiger partial charge >= 0.3 is 6.18 Å². The Labute approximate surface area is 126 Å². The number of aromatic nitrogens is 3. The van der Waals surface area contributed by atoms with E-state index in [4.69, 9.17) is 5.11 Å². The lowest BCUT2D eigenvalue weighted by Crippen LogP contribution is -2.16. The largest absolute Gasteiger partial charge is 0.417 e. The van der Waals surface area contributed by atoms with Crippen LogP contribution in [0.1, 0.15) is 37.8 Å². The molecule has 0 unspecified atom stereocenters. The van der Waals surface area contributed by atoms with E-state index in [0.717, 1.165) is 24.2 Å². The number of aliphatic hydroxyl groups excluding tert-OH is 1. The second-order valence-electron chi connectivity index (χ2n) is 5.79. The van der Waals surface area contributed by atoms with Crippen molar-refractivity contribution < 1.29 is 18.3 Å². The van der Waals surface area contributed by atoms with Crippen LogP contribution in [-0.2, 0) is 11.6 Å². The molecule has 0 aliphatic rings. The molecule has 0 aliphatic heterocycles. The van der Waals surface area contributed by atoms with Crippen LogP contribution in [0.5, 0.6) is 0 Å². The van der Waals surface area contributed by atoms with Crippen molar-refractivity contribution in [2.75, 3.05) is 6.61 Å². The van der Waals surface area contributed by atoms with Gasteiger partial charge in [-0.3, -0.25) is 0 Å². The average Bonchev–Trinajstić information content (AvgIpc) is 2.95. The number of rotatable bonds is 5. The van der Waals surface area contributed by atoms with Crippen LogP contribution in [0, 0.1) is 0 Å². The quantitative estimate of drug-likeness (QED) is 0.921. The molecule has 2 aromatic rings. The zero-order valence-electron chi connectivity index (χ0n) is 12.4. The van der Waals surface area contributed by atoms with Gasteiger partial charge in [0.15, 0.2) is 5.82 Å². The Morgan fingerprint density at radius 2 is 1.86 bits per heavy atom. The van der Waals surface area contributed by atoms with Gasteiger partial charge in [0.25, 0.3) is 0 Å². The van der Waals surface area contributed by atoms with Crippen LogP contribution in [-0.4, -0.2) is 26.5 Å². The summed E-state index contributed by atoms with van der Waals surface area (Å²) in [7, 11) is 0. The fourth-order valence-corrected chi connectivity index (χ4v) is 2.15. The van der Waals surface area contributed by atoms with Crippen molar-refractivity contribution in [3.05, 3.63) is 41.9 Å². The van der Waals surface area contributed by atoms with Gasteiger partial charge in [-0.2, -0.15) is 18.3 Å². The van der Waals surface area contributed by atoms with Crippen molar-refractivity contribution in [3.63, 3.8) is 0 Å². The highest BCUT2D eigenvalue weighted by Gasteiger charge is 2.30. The molecule has 0 aromatic carbocycles. The number of pyridine rings is 1. The van der Waals surface area contributed by atoms with E-state index in [1.165, 1.54) is 10.7 Å². The van der Waals surface area contributed by atoms with Crippen molar-refractivity contribution >= 4 is 0 Å². The summed E-state index contributed by atoms with van der Waals surface area (Å²) >= 11 is 0. The molecule has 0 amide bonds. The summed E-state index contributed by atoms with van der Waals surface area (Å²) in [5, 5.41) is 13.1. The number of aliphatic hydroxyl groups is 1. The van der Waals surface area contributed by atoms with Gasteiger partial charge in [-0.1, -0.05) is 13.8 Å². The van der Waals surface area contributed by atoms with Gasteiger partial charge in [0.05, 0.1) is 11.8 Å². The highest BCUT2D eigenvalue weighted by molar-refractivity contribution is 5.28. The Kier molecular flexibility index (Phi) is 4.55. The van der Waals surface area contributed by atoms with E-state index < -0.39 is 11.7 Å². The third-order valence-corrected chi connectivity index (χ3v) is 3.63. The van der Waals surface area contributed by atoms with Crippen molar-refractivity contribution in [1.29, 1.82) is 0 Å². The van der Waals surface area contributed by atoms with E-state index in [1.54, 1.807) is 12.4 Å². The molecule has 120 valence electrons. The molecule has 7 heteroatoms. The standard InChI is InChI=1S/C15H18F3N3O/c1-14(2,6-3-7-22)12-9-20-21(10-12)13-5-4-11(8-19-13)15(16,17)18/h4-5,8-10,22H,3,6-7H2,1-2H3. The lowest BCUT2D eigenvalue weighted by molar-refractivity contribution is -0.137. The third-order valence-electron chi connectivity index (χ3n) is 3.63. The van der Waals surface area contributed by atoms with E-state index in [-0.39, 0.29) is 12.0 Å². The normalized spacial score (nSPS) is 12.6. The van der Waals surface area contributed by atoms with Gasteiger partial charge < -0.3 is 5.11 Å². The van der Waals surface area contributed by atoms with E-state index in [1.807, 2.05) is 13.8 Å². The topological polar surface area (TPSA) is 50.9 Å². The molecule has 1 N–H and O–H groups in total. The second kappa shape index (κ2) is 6.08. The molecule has 0 atom stereocenters. The van der Waals surface area contributed by atoms with Crippen LogP contribution in [0.2, 0.25) is 0 Å². The zero-order chi connectivity index (χ0) is 16.4. The molecule has 0 saturated carbocycles. The Morgan fingerprint density at radius 1 is 1.14 bits per heavy atom. The minimum absolute atomic E-state index is 0.123. The first-order valence-electron chi connectivity index (χ1n) is 6.94. The van der Waals surface area contributed by atoms with Crippen LogP contribution in [0.25, 0.3) is 5.82 Å². The monoisotopic (exact) mass is 313 g/mol. The smallest absolute Gasteiger partial charge is 0.396 e. The van der Waals surface area contributed by atoms with Crippen LogP contribution in [0.15, 0.2) is 30.7 Å². The molecule has 2 heterocycles. The highest BCUT2D eigenvalue weighted by atomic mass is 19.4. The first-order valence-corrected chi connectivity index (χ1v) is 6.94. The molecule has 0 spiro atoms. The lowest BCUT2D eigenvalue weighted by atomic mass is 9.82. The van der Waals surface area contributed by atoms with Gasteiger partial charge in [0.2, 0.25) is 0 Å². The summed E-state index contributed by atoms with van der Waals surface area (Å²) < 4.78 is 39.0. The predicted molar refractivity (Wildman–Crippen MR) is 75.7 cm³/mol. The second-order valence-corrected chi connectivity index (χ2v) is 5.79. The Bertz CT molecular complexity index is 618. The summed E-state index contributed by atoms with van der Waals surface area (Å²) in [5.41, 5.74) is -0.0121. The maximum absolute atomic E-state index is 12.5. The summed E-state index contributed by atoms with van der Waals surface area (Å²) in [4.78, 5) is 3.81. The Morgan fingerprint density at radius 3 is 2.41 bits per heavy atom. The summed E-state index contributed by atoms with van der Waals surface area (Å²) in [6.07, 6.45) is 1.30. The molecule has 0 fully saturated rings. The van der Waals surface area contributed by atoms with Crippen LogP contribution in [0.3, 0.4) is 0 Å². The summed E-state index contributed by atoms with van der Waals surface area (Å²) in [6.45, 7) is 4.19. The molecule has 0 saturated heterocycles. The molecule has 0 aliphatic carbocycles. The molecule has 2 aromatic heterocycles. The molecule has 22 heavy (non-hydrogen) atoms. The fourth-order valence-electron chi connectivity index (χ4n) is 2.15. The van der Waals surface area contributed by atoms with E-state index in [2.05, 4.69) is 10.1 Å². The number of nitrogens with zero attached hydrogens (tertiary/aromatic N) is 3. The highest BCUT2D eigenvalue weighted by Crippen LogP contribution is 2.30. The Balaban J connectivity index is 2.21. The number of alkyl halides is 3. The molecule has 0 bridgehead atoms. The molecule has 2 rings (SSSR count). The van der Waals surface area contributed by atoms with Gasteiger partial charge in [0, 0.05) is 19.0 Å². The molecule has 0 radical (unpaired) electrons. The third kappa shape index (κ3) is 3.65. The van der Waals surface area contributed by atoms with Crippen molar-refractivity contribution in [2.45, 2.75) is 38.3 Å². The fraction of sp³-hybridized carbons (Fsp3) is 0.467. The van der Waals surface area contributed by atoms with Crippen molar-refractivity contribution in [3.8, 4) is 5.82 Å². The van der Waals surface area contributed by atoms with Crippen LogP contribution >= 0.6 is 0 Å². The summed E-state index contributed by atoms with van der Waals surface area (Å²) in [6, 6.07) is 2.28. The van der Waals surface area contributed by atoms with E-state index >= 15 is 0 Å². The predicted octanol–water partition coefficient (Wildman–Crippen LogP) is 3.34. The van der Waals surface area contributed by atoms with Gasteiger partial charge in [-0.15, -0.1) is 0 Å². The van der Waals surface area contributed by atoms with Crippen molar-refractivity contribution in [2.24, 2.45) is 0 Å². The van der Waals surface area contributed by atoms with Crippen LogP contribution in [0.4, 0.5) is 13.2 Å². The Hall–Kier alpha value is -1.89. The number of hydrogen-bond donors (Lipinski definition) is 1. The average molecular weight is 313 g/mol. The minimum atomic E-state index is -4.40. The van der Waals surface area contributed by atoms with Gasteiger partial charge in [-0.05, 0) is 36.0 Å². The first kappa shape index (κ1) is 16.5. The maximum atomic E-state index is 12.5. The summed E-state index contributed by atoms with van der Waals surface area (Å²) in [5.74, 6) is 0.331. The van der Waals surface area contributed by atoms with E-state index in [0.29, 0.717) is 12.2 Å². The zero-order valence-corrected chi connectivity index (χ0v) is 12.4. The number of halogens is 3. The molecular formula is C15H18F3N3O. The molecule has 4 nitrogen and oxygen atoms in total. The maximum Gasteiger partial charge on any atom is 0.417 e. The van der Waals surface area contributed by atoms with Gasteiger partial charge in [-0.25, -0.2) is 9.67 Å². The SMILES string of the molecule is CC(C)(CCCO)c1cnn(-c2ccc(C(F)(F)F)cn2)c1. The van der Waals surface area contributed by atoms with Crippen molar-refractivity contribution in [1.82, 2.24) is 14.8 Å². The minimum Gasteiger partial charge on any atom is -0.396 e. The first-order chi connectivity index (χ1) is 10.2. The molecular weight excluding hydrogens is 295 g/mol. The van der Waals surface area contributed by atoms with Gasteiger partial charge in [0.1, 0.15) is 0 Å². The number of hydrogen-bond acceptors (Lipinski definition) is 3.